The molecule has 6 aliphatic rings. The summed E-state index contributed by atoms with van der Waals surface area (Å²) < 4.78 is 0. The number of para-hydroxylation sites is 2. The van der Waals surface area contributed by atoms with Gasteiger partial charge >= 0.3 is 0 Å². The van der Waals surface area contributed by atoms with E-state index in [1.807, 2.05) is 0 Å². The maximum Gasteiger partial charge on any atom is 0.252 e. The van der Waals surface area contributed by atoms with Crippen molar-refractivity contribution in [3.05, 3.63) is 191 Å². The zero-order valence-electron chi connectivity index (χ0n) is 41.6. The minimum Gasteiger partial charge on any atom is -0.335 e. The Morgan fingerprint density at radius 2 is 0.971 bits per heavy atom. The second-order valence-electron chi connectivity index (χ2n) is 23.9. The van der Waals surface area contributed by atoms with Crippen LogP contribution < -0.4 is 31.1 Å². The molecule has 3 nitrogen and oxygen atoms in total. The largest absolute Gasteiger partial charge is 0.335 e. The van der Waals surface area contributed by atoms with E-state index in [-0.39, 0.29) is 39.5 Å². The summed E-state index contributed by atoms with van der Waals surface area (Å²) in [6.45, 7) is 19.4. The predicted molar refractivity (Wildman–Crippen MR) is 289 cm³/mol. The first-order valence-corrected chi connectivity index (χ1v) is 25.9. The third-order valence-corrected chi connectivity index (χ3v) is 18.5. The van der Waals surface area contributed by atoms with Crippen LogP contribution in [0, 0.1) is 0 Å². The molecule has 2 saturated carbocycles. The predicted octanol–water partition coefficient (Wildman–Crippen LogP) is 14.4. The van der Waals surface area contributed by atoms with E-state index < -0.39 is 0 Å². The van der Waals surface area contributed by atoms with E-state index in [2.05, 4.69) is 228 Å². The van der Waals surface area contributed by atoms with Crippen LogP contribution in [0.25, 0.3) is 0 Å². The van der Waals surface area contributed by atoms with Crippen LogP contribution in [0.5, 0.6) is 0 Å². The van der Waals surface area contributed by atoms with Crippen LogP contribution in [-0.4, -0.2) is 17.8 Å². The van der Waals surface area contributed by atoms with E-state index in [1.54, 1.807) is 0 Å². The molecule has 4 aliphatic heterocycles. The van der Waals surface area contributed by atoms with Crippen LogP contribution in [0.3, 0.4) is 0 Å². The van der Waals surface area contributed by atoms with Gasteiger partial charge in [-0.15, -0.1) is 0 Å². The molecule has 68 heavy (non-hydrogen) atoms. The Morgan fingerprint density at radius 1 is 0.426 bits per heavy atom. The van der Waals surface area contributed by atoms with Crippen molar-refractivity contribution in [3.63, 3.8) is 0 Å². The van der Waals surface area contributed by atoms with Crippen LogP contribution in [0.4, 0.5) is 39.8 Å². The number of hydrogen-bond acceptors (Lipinski definition) is 3. The molecule has 0 radical (unpaired) electrons. The minimum atomic E-state index is -0.199. The van der Waals surface area contributed by atoms with Crippen LogP contribution in [0.2, 0.25) is 0 Å². The van der Waals surface area contributed by atoms with Gasteiger partial charge in [0, 0.05) is 50.6 Å². The second kappa shape index (κ2) is 14.3. The number of hydrogen-bond donors (Lipinski definition) is 0. The Kier molecular flexibility index (Phi) is 8.85. The van der Waals surface area contributed by atoms with Crippen molar-refractivity contribution >= 4 is 62.9 Å². The minimum absolute atomic E-state index is 0.00978. The number of fused-ring (bicyclic) bond motifs is 10. The van der Waals surface area contributed by atoms with Gasteiger partial charge in [-0.25, -0.2) is 0 Å². The molecule has 0 N–H and O–H groups in total. The molecule has 13 rings (SSSR count). The van der Waals surface area contributed by atoms with Gasteiger partial charge in [0.1, 0.15) is 0 Å². The summed E-state index contributed by atoms with van der Waals surface area (Å²) in [5.41, 5.74) is 21.6. The molecule has 4 atom stereocenters. The summed E-state index contributed by atoms with van der Waals surface area (Å²) in [6.07, 6.45) is 9.41. The molecule has 0 aromatic heterocycles. The third-order valence-electron chi connectivity index (χ3n) is 18.5. The van der Waals surface area contributed by atoms with Gasteiger partial charge in [0.15, 0.2) is 0 Å². The first kappa shape index (κ1) is 42.1. The molecule has 0 saturated heterocycles. The van der Waals surface area contributed by atoms with Crippen molar-refractivity contribution in [1.82, 2.24) is 0 Å². The molecule has 2 aliphatic carbocycles. The highest BCUT2D eigenvalue weighted by molar-refractivity contribution is 7.00. The maximum atomic E-state index is 2.94. The molecule has 4 unspecified atom stereocenters. The summed E-state index contributed by atoms with van der Waals surface area (Å²) in [7, 11) is 0. The van der Waals surface area contributed by atoms with Gasteiger partial charge in [0.25, 0.3) is 6.71 Å². The Balaban J connectivity index is 1.16. The zero-order chi connectivity index (χ0) is 46.6. The lowest BCUT2D eigenvalue weighted by Crippen LogP contribution is -2.65. The Labute approximate surface area is 406 Å². The van der Waals surface area contributed by atoms with Crippen LogP contribution in [0.15, 0.2) is 158 Å². The number of rotatable bonds is 4. The molecule has 7 aromatic rings. The second-order valence-corrected chi connectivity index (χ2v) is 23.9. The van der Waals surface area contributed by atoms with Gasteiger partial charge in [-0.2, -0.15) is 0 Å². The summed E-state index contributed by atoms with van der Waals surface area (Å²) in [4.78, 5) is 8.46. The average molecular weight is 888 g/mol. The number of nitrogens with zero attached hydrogens (tertiary/aromatic N) is 3. The van der Waals surface area contributed by atoms with E-state index in [9.17, 15) is 0 Å². The van der Waals surface area contributed by atoms with Gasteiger partial charge < -0.3 is 14.7 Å². The van der Waals surface area contributed by atoms with Crippen LogP contribution in [-0.2, 0) is 21.7 Å². The average Bonchev–Trinajstić information content (AvgIpc) is 3.74. The van der Waals surface area contributed by atoms with Crippen molar-refractivity contribution in [2.24, 2.45) is 0 Å². The zero-order valence-corrected chi connectivity index (χ0v) is 41.6. The first-order chi connectivity index (χ1) is 32.7. The van der Waals surface area contributed by atoms with Gasteiger partial charge in [-0.1, -0.05) is 189 Å². The Hall–Kier alpha value is -6.00. The van der Waals surface area contributed by atoms with E-state index >= 15 is 0 Å². The van der Waals surface area contributed by atoms with Crippen LogP contribution in [0.1, 0.15) is 140 Å². The highest BCUT2D eigenvalue weighted by Crippen LogP contribution is 2.67. The quantitative estimate of drug-likeness (QED) is 0.163. The molecule has 7 aromatic carbocycles. The summed E-state index contributed by atoms with van der Waals surface area (Å²) in [5, 5.41) is 0. The maximum absolute atomic E-state index is 2.94. The molecule has 340 valence electrons. The first-order valence-electron chi connectivity index (χ1n) is 25.9. The standard InChI is InChI=1S/C64H66BN3/c1-59(2,3)43-30-33-47(34-31-43)66-54-35-32-46(60(4,5)6)40-52(54)65-51-28-21-27-50-58(51)68(62(8)37-18-20-39-64(50,62)45-24-13-10-14-25-45)56-42-48(41-55(66)57(56)65)67-53-29-16-15-26-49(53)63(44-22-11-9-12-23-44)38-19-17-36-61(63,67)7/h9-16,21-35,40-42H,17-20,36-39H2,1-8H3. The van der Waals surface area contributed by atoms with Crippen molar-refractivity contribution < 1.29 is 0 Å². The van der Waals surface area contributed by atoms with Gasteiger partial charge in [-0.3, -0.25) is 0 Å². The third kappa shape index (κ3) is 5.33. The molecular weight excluding hydrogens is 822 g/mol. The van der Waals surface area contributed by atoms with E-state index in [0.717, 1.165) is 25.7 Å². The molecule has 0 spiro atoms. The van der Waals surface area contributed by atoms with Crippen molar-refractivity contribution in [3.8, 4) is 0 Å². The van der Waals surface area contributed by atoms with Gasteiger partial charge in [0.05, 0.1) is 11.1 Å². The molecule has 4 heterocycles. The lowest BCUT2D eigenvalue weighted by molar-refractivity contribution is 0.214. The molecule has 2 fully saturated rings. The highest BCUT2D eigenvalue weighted by Gasteiger charge is 2.65. The molecule has 0 bridgehead atoms. The normalized spacial score (nSPS) is 25.3. The molecular formula is C64H66BN3. The topological polar surface area (TPSA) is 9.72 Å². The summed E-state index contributed by atoms with van der Waals surface area (Å²) in [5.74, 6) is 0. The van der Waals surface area contributed by atoms with Crippen molar-refractivity contribution in [1.29, 1.82) is 0 Å². The fourth-order valence-corrected chi connectivity index (χ4v) is 15.4. The number of benzene rings is 7. The highest BCUT2D eigenvalue weighted by atomic mass is 15.3. The number of anilines is 7. The van der Waals surface area contributed by atoms with E-state index in [1.165, 1.54) is 115 Å². The fraction of sp³-hybridized carbons (Fsp3) is 0.344. The summed E-state index contributed by atoms with van der Waals surface area (Å²) in [6, 6.07) is 62.6. The van der Waals surface area contributed by atoms with E-state index in [0.29, 0.717) is 0 Å². The van der Waals surface area contributed by atoms with Gasteiger partial charge in [-0.05, 0) is 137 Å². The lowest BCUT2D eigenvalue weighted by Gasteiger charge is -2.55. The lowest BCUT2D eigenvalue weighted by atomic mass is 9.33. The smallest absolute Gasteiger partial charge is 0.252 e. The van der Waals surface area contributed by atoms with Gasteiger partial charge in [0.2, 0.25) is 0 Å². The SMILES string of the molecule is CC(C)(C)c1ccc(N2c3ccc(C(C)(C)C)cc3B3c4cccc5c4N(c4cc(N6c7ccccc7C7(c8ccccc8)CCCCC67C)cc2c43)C2(C)CCCCC52c2ccccc2)cc1. The Bertz CT molecular complexity index is 3160. The molecule has 0 amide bonds. The van der Waals surface area contributed by atoms with Crippen molar-refractivity contribution in [2.75, 3.05) is 14.7 Å². The van der Waals surface area contributed by atoms with Crippen LogP contribution >= 0.6 is 0 Å². The fourth-order valence-electron chi connectivity index (χ4n) is 15.4. The Morgan fingerprint density at radius 3 is 1.62 bits per heavy atom. The monoisotopic (exact) mass is 888 g/mol. The van der Waals surface area contributed by atoms with Crippen molar-refractivity contribution in [2.45, 2.75) is 139 Å². The molecule has 4 heteroatoms. The summed E-state index contributed by atoms with van der Waals surface area (Å²) >= 11 is 0. The van der Waals surface area contributed by atoms with E-state index in [4.69, 9.17) is 0 Å².